The predicted molar refractivity (Wildman–Crippen MR) is 65.5 cm³/mol. The number of rotatable bonds is 3. The number of benzene rings is 1. The van der Waals surface area contributed by atoms with E-state index < -0.39 is 0 Å². The van der Waals surface area contributed by atoms with Gasteiger partial charge in [0.2, 0.25) is 0 Å². The first-order chi connectivity index (χ1) is 7.78. The molecule has 0 radical (unpaired) electrons. The summed E-state index contributed by atoms with van der Waals surface area (Å²) in [6.07, 6.45) is 2.62. The molecule has 0 aliphatic carbocycles. The second kappa shape index (κ2) is 5.32. The summed E-state index contributed by atoms with van der Waals surface area (Å²) in [5.74, 6) is 0.965. The van der Waals surface area contributed by atoms with Crippen LogP contribution in [0.4, 0.5) is 0 Å². The molecule has 1 heterocycles. The molecule has 1 aromatic carbocycles. The zero-order valence-corrected chi connectivity index (χ0v) is 9.86. The van der Waals surface area contributed by atoms with Crippen molar-refractivity contribution in [3.05, 3.63) is 29.8 Å². The fraction of sp³-hybridized carbons (Fsp3) is 0.538. The lowest BCUT2D eigenvalue weighted by Gasteiger charge is -2.29. The van der Waals surface area contributed by atoms with E-state index >= 15 is 0 Å². The summed E-state index contributed by atoms with van der Waals surface area (Å²) in [6.45, 7) is 2.85. The molecule has 88 valence electrons. The lowest BCUT2D eigenvalue weighted by molar-refractivity contribution is 0.114. The highest BCUT2D eigenvalue weighted by atomic mass is 16.5. The molecule has 16 heavy (non-hydrogen) atoms. The molecule has 2 rings (SSSR count). The fourth-order valence-electron chi connectivity index (χ4n) is 2.00. The van der Waals surface area contributed by atoms with Gasteiger partial charge in [0.15, 0.2) is 0 Å². The molecule has 0 saturated carbocycles. The quantitative estimate of drug-likeness (QED) is 0.841. The second-order valence-corrected chi connectivity index (χ2v) is 4.47. The molecule has 1 aliphatic heterocycles. The van der Waals surface area contributed by atoms with Crippen molar-refractivity contribution < 1.29 is 4.74 Å². The summed E-state index contributed by atoms with van der Waals surface area (Å²) in [5.41, 5.74) is 6.70. The number of likely N-dealkylation sites (tertiary alicyclic amines) is 1. The van der Waals surface area contributed by atoms with Crippen LogP contribution in [0.5, 0.6) is 5.75 Å². The minimum Gasteiger partial charge on any atom is -0.490 e. The van der Waals surface area contributed by atoms with E-state index in [2.05, 4.69) is 11.9 Å². The van der Waals surface area contributed by atoms with Crippen molar-refractivity contribution in [2.75, 3.05) is 20.1 Å². The molecule has 0 amide bonds. The van der Waals surface area contributed by atoms with Crippen molar-refractivity contribution in [3.8, 4) is 5.75 Å². The minimum absolute atomic E-state index is 0.375. The predicted octanol–water partition coefficient (Wildman–Crippen LogP) is 1.62. The first-order valence-corrected chi connectivity index (χ1v) is 5.92. The van der Waals surface area contributed by atoms with Crippen molar-refractivity contribution in [2.24, 2.45) is 5.73 Å². The van der Waals surface area contributed by atoms with Crippen LogP contribution >= 0.6 is 0 Å². The number of nitrogens with two attached hydrogens (primary N) is 1. The minimum atomic E-state index is 0.375. The highest BCUT2D eigenvalue weighted by molar-refractivity contribution is 5.27. The van der Waals surface area contributed by atoms with Crippen LogP contribution in [0.3, 0.4) is 0 Å². The summed E-state index contributed by atoms with van der Waals surface area (Å²) >= 11 is 0. The Kier molecular flexibility index (Phi) is 3.80. The Morgan fingerprint density at radius 1 is 1.25 bits per heavy atom. The lowest BCUT2D eigenvalue weighted by Crippen LogP contribution is -2.35. The van der Waals surface area contributed by atoms with Crippen molar-refractivity contribution in [1.29, 1.82) is 0 Å². The highest BCUT2D eigenvalue weighted by Gasteiger charge is 2.17. The SMILES string of the molecule is CN1CCC(Oc2ccc(CN)cc2)CC1. The molecule has 3 heteroatoms. The van der Waals surface area contributed by atoms with Crippen LogP contribution in [0.2, 0.25) is 0 Å². The van der Waals surface area contributed by atoms with E-state index in [1.807, 2.05) is 24.3 Å². The highest BCUT2D eigenvalue weighted by Crippen LogP contribution is 2.18. The van der Waals surface area contributed by atoms with Gasteiger partial charge < -0.3 is 15.4 Å². The van der Waals surface area contributed by atoms with Gasteiger partial charge in [0, 0.05) is 19.6 Å². The third-order valence-electron chi connectivity index (χ3n) is 3.13. The Morgan fingerprint density at radius 3 is 2.44 bits per heavy atom. The number of hydrogen-bond acceptors (Lipinski definition) is 3. The van der Waals surface area contributed by atoms with Crippen LogP contribution < -0.4 is 10.5 Å². The number of ether oxygens (including phenoxy) is 1. The molecular weight excluding hydrogens is 200 g/mol. The van der Waals surface area contributed by atoms with Crippen LogP contribution in [-0.2, 0) is 6.54 Å². The standard InChI is InChI=1S/C13H20N2O/c1-15-8-6-13(7-9-15)16-12-4-2-11(10-14)3-5-12/h2-5,13H,6-10,14H2,1H3. The number of nitrogens with zero attached hydrogens (tertiary/aromatic N) is 1. The maximum Gasteiger partial charge on any atom is 0.119 e. The molecule has 1 aliphatic rings. The van der Waals surface area contributed by atoms with Crippen LogP contribution in [-0.4, -0.2) is 31.1 Å². The van der Waals surface area contributed by atoms with Gasteiger partial charge in [-0.05, 0) is 37.6 Å². The molecule has 3 nitrogen and oxygen atoms in total. The summed E-state index contributed by atoms with van der Waals surface area (Å²) in [6, 6.07) is 8.09. The molecule has 1 saturated heterocycles. The van der Waals surface area contributed by atoms with Gasteiger partial charge in [-0.3, -0.25) is 0 Å². The van der Waals surface area contributed by atoms with E-state index in [0.29, 0.717) is 12.6 Å². The average Bonchev–Trinajstić information content (AvgIpc) is 2.33. The zero-order valence-electron chi connectivity index (χ0n) is 9.86. The van der Waals surface area contributed by atoms with Crippen molar-refractivity contribution >= 4 is 0 Å². The third-order valence-corrected chi connectivity index (χ3v) is 3.13. The van der Waals surface area contributed by atoms with Crippen molar-refractivity contribution in [2.45, 2.75) is 25.5 Å². The lowest BCUT2D eigenvalue weighted by atomic mass is 10.1. The third kappa shape index (κ3) is 2.97. The smallest absolute Gasteiger partial charge is 0.119 e. The molecule has 1 aromatic rings. The Hall–Kier alpha value is -1.06. The average molecular weight is 220 g/mol. The molecule has 0 spiro atoms. The molecule has 0 aromatic heterocycles. The monoisotopic (exact) mass is 220 g/mol. The van der Waals surface area contributed by atoms with Gasteiger partial charge in [-0.25, -0.2) is 0 Å². The van der Waals surface area contributed by atoms with Crippen molar-refractivity contribution in [3.63, 3.8) is 0 Å². The van der Waals surface area contributed by atoms with Gasteiger partial charge in [-0.2, -0.15) is 0 Å². The number of piperidine rings is 1. The Morgan fingerprint density at radius 2 is 1.88 bits per heavy atom. The van der Waals surface area contributed by atoms with Crippen LogP contribution in [0.15, 0.2) is 24.3 Å². The van der Waals surface area contributed by atoms with Crippen LogP contribution in [0.25, 0.3) is 0 Å². The molecule has 1 fully saturated rings. The molecule has 0 bridgehead atoms. The second-order valence-electron chi connectivity index (χ2n) is 4.47. The van der Waals surface area contributed by atoms with E-state index in [4.69, 9.17) is 10.5 Å². The molecular formula is C13H20N2O. The summed E-state index contributed by atoms with van der Waals surface area (Å²) < 4.78 is 5.94. The Labute approximate surface area is 97.2 Å². The van der Waals surface area contributed by atoms with E-state index in [1.165, 1.54) is 0 Å². The Balaban J connectivity index is 1.88. The molecule has 0 unspecified atom stereocenters. The zero-order chi connectivity index (χ0) is 11.4. The van der Waals surface area contributed by atoms with E-state index in [-0.39, 0.29) is 0 Å². The maximum atomic E-state index is 5.94. The normalized spacial score (nSPS) is 18.6. The van der Waals surface area contributed by atoms with Crippen molar-refractivity contribution in [1.82, 2.24) is 4.90 Å². The van der Waals surface area contributed by atoms with Gasteiger partial charge >= 0.3 is 0 Å². The van der Waals surface area contributed by atoms with Gasteiger partial charge in [-0.15, -0.1) is 0 Å². The van der Waals surface area contributed by atoms with E-state index in [9.17, 15) is 0 Å². The topological polar surface area (TPSA) is 38.5 Å². The number of hydrogen-bond donors (Lipinski definition) is 1. The van der Waals surface area contributed by atoms with Gasteiger partial charge in [0.05, 0.1) is 0 Å². The van der Waals surface area contributed by atoms with E-state index in [1.54, 1.807) is 0 Å². The largest absolute Gasteiger partial charge is 0.490 e. The summed E-state index contributed by atoms with van der Waals surface area (Å²) in [4.78, 5) is 2.34. The Bertz CT molecular complexity index is 315. The fourth-order valence-corrected chi connectivity index (χ4v) is 2.00. The van der Waals surface area contributed by atoms with E-state index in [0.717, 1.165) is 37.2 Å². The molecule has 0 atom stereocenters. The summed E-state index contributed by atoms with van der Waals surface area (Å²) in [5, 5.41) is 0. The van der Waals surface area contributed by atoms with Gasteiger partial charge in [0.1, 0.15) is 11.9 Å². The van der Waals surface area contributed by atoms with Gasteiger partial charge in [0.25, 0.3) is 0 Å². The van der Waals surface area contributed by atoms with Crippen LogP contribution in [0, 0.1) is 0 Å². The first-order valence-electron chi connectivity index (χ1n) is 5.92. The van der Waals surface area contributed by atoms with Crippen LogP contribution in [0.1, 0.15) is 18.4 Å². The summed E-state index contributed by atoms with van der Waals surface area (Å²) in [7, 11) is 2.16. The molecule has 2 N–H and O–H groups in total. The first kappa shape index (κ1) is 11.4. The maximum absolute atomic E-state index is 5.94. The van der Waals surface area contributed by atoms with Gasteiger partial charge in [-0.1, -0.05) is 12.1 Å².